The van der Waals surface area contributed by atoms with E-state index >= 15 is 0 Å². The van der Waals surface area contributed by atoms with Gasteiger partial charge in [-0.15, -0.1) is 11.3 Å². The molecular weight excluding hydrogens is 418 g/mol. The highest BCUT2D eigenvalue weighted by atomic mass is 32.2. The monoisotopic (exact) mass is 439 g/mol. The van der Waals surface area contributed by atoms with E-state index in [1.807, 2.05) is 24.4 Å². The van der Waals surface area contributed by atoms with Crippen LogP contribution in [0.25, 0.3) is 0 Å². The Morgan fingerprint density at radius 2 is 2.04 bits per heavy atom. The molecule has 3 aliphatic rings. The Hall–Kier alpha value is -1.33. The van der Waals surface area contributed by atoms with E-state index in [-0.39, 0.29) is 23.2 Å². The van der Waals surface area contributed by atoms with Crippen molar-refractivity contribution < 1.29 is 16.8 Å². The summed E-state index contributed by atoms with van der Waals surface area (Å²) in [6.45, 7) is 2.55. The van der Waals surface area contributed by atoms with Gasteiger partial charge in [0.15, 0.2) is 0 Å². The van der Waals surface area contributed by atoms with Crippen molar-refractivity contribution in [2.45, 2.75) is 48.4 Å². The van der Waals surface area contributed by atoms with E-state index in [0.29, 0.717) is 37.1 Å². The molecule has 1 aromatic heterocycles. The Kier molecular flexibility index (Phi) is 4.06. The maximum absolute atomic E-state index is 13.4. The highest BCUT2D eigenvalue weighted by Crippen LogP contribution is 2.51. The number of rotatable bonds is 4. The van der Waals surface area contributed by atoms with E-state index in [2.05, 4.69) is 4.98 Å². The number of nitrogens with zero attached hydrogens (tertiary/aromatic N) is 3. The van der Waals surface area contributed by atoms with Gasteiger partial charge in [-0.25, -0.2) is 21.8 Å². The van der Waals surface area contributed by atoms with Crippen molar-refractivity contribution >= 4 is 31.4 Å². The first kappa shape index (κ1) is 18.7. The van der Waals surface area contributed by atoms with Gasteiger partial charge in [0.2, 0.25) is 20.0 Å². The molecular formula is C18H21N3O4S3. The van der Waals surface area contributed by atoms with Crippen molar-refractivity contribution in [1.29, 1.82) is 0 Å². The maximum Gasteiger partial charge on any atom is 0.244 e. The van der Waals surface area contributed by atoms with Crippen LogP contribution < -0.4 is 0 Å². The topological polar surface area (TPSA) is 87.7 Å². The molecule has 1 aromatic carbocycles. The summed E-state index contributed by atoms with van der Waals surface area (Å²) in [6, 6.07) is 6.99. The third-order valence-electron chi connectivity index (χ3n) is 5.92. The molecule has 0 bridgehead atoms. The molecule has 10 heteroatoms. The van der Waals surface area contributed by atoms with E-state index in [0.717, 1.165) is 5.01 Å². The van der Waals surface area contributed by atoms with Gasteiger partial charge >= 0.3 is 0 Å². The predicted octanol–water partition coefficient (Wildman–Crippen LogP) is 2.05. The number of hydrogen-bond acceptors (Lipinski definition) is 6. The van der Waals surface area contributed by atoms with Crippen molar-refractivity contribution in [3.05, 3.63) is 45.9 Å². The van der Waals surface area contributed by atoms with Crippen molar-refractivity contribution in [2.24, 2.45) is 0 Å². The summed E-state index contributed by atoms with van der Waals surface area (Å²) in [6.07, 6.45) is 1.85. The molecule has 1 saturated heterocycles. The quantitative estimate of drug-likeness (QED) is 0.728. The molecule has 0 amide bonds. The fourth-order valence-electron chi connectivity index (χ4n) is 4.40. The van der Waals surface area contributed by atoms with Gasteiger partial charge in [0.05, 0.1) is 32.9 Å². The van der Waals surface area contributed by atoms with Gasteiger partial charge in [0, 0.05) is 18.5 Å². The Morgan fingerprint density at radius 1 is 1.29 bits per heavy atom. The lowest BCUT2D eigenvalue weighted by molar-refractivity contribution is 0.202. The minimum Gasteiger partial charge on any atom is -0.245 e. The van der Waals surface area contributed by atoms with Gasteiger partial charge in [0.1, 0.15) is 0 Å². The number of benzene rings is 1. The third kappa shape index (κ3) is 2.62. The number of hydrogen-bond donors (Lipinski definition) is 0. The molecule has 28 heavy (non-hydrogen) atoms. The normalized spacial score (nSPS) is 27.5. The van der Waals surface area contributed by atoms with E-state index in [9.17, 15) is 16.8 Å². The zero-order chi connectivity index (χ0) is 19.7. The highest BCUT2D eigenvalue weighted by Gasteiger charge is 2.59. The van der Waals surface area contributed by atoms with Gasteiger partial charge in [-0.3, -0.25) is 0 Å². The van der Waals surface area contributed by atoms with Crippen LogP contribution in [0.5, 0.6) is 0 Å². The molecule has 0 N–H and O–H groups in total. The standard InChI is InChI=1S/C18H21N3O4S3/c1-13-19-14(11-26-13)10-21-18(16-4-2-3-5-17(16)28(21,24)25)8-9-20(12-18)27(22,23)15-6-7-15/h2-5,11,15H,6-10,12H2,1H3/t18-/m0/s1. The van der Waals surface area contributed by atoms with Crippen molar-refractivity contribution in [3.8, 4) is 0 Å². The summed E-state index contributed by atoms with van der Waals surface area (Å²) in [5, 5.41) is 2.45. The van der Waals surface area contributed by atoms with Gasteiger partial charge < -0.3 is 0 Å². The molecule has 2 aromatic rings. The molecule has 2 fully saturated rings. The van der Waals surface area contributed by atoms with E-state index in [4.69, 9.17) is 0 Å². The minimum atomic E-state index is -3.72. The number of thiazole rings is 1. The molecule has 5 rings (SSSR count). The van der Waals surface area contributed by atoms with Crippen LogP contribution in [-0.2, 0) is 32.1 Å². The summed E-state index contributed by atoms with van der Waals surface area (Å²) in [7, 11) is -7.09. The average molecular weight is 440 g/mol. The molecule has 3 heterocycles. The molecule has 0 unspecified atom stereocenters. The summed E-state index contributed by atoms with van der Waals surface area (Å²) in [4.78, 5) is 4.73. The van der Waals surface area contributed by atoms with E-state index in [1.165, 1.54) is 19.9 Å². The average Bonchev–Trinajstić information content (AvgIpc) is 3.26. The fourth-order valence-corrected chi connectivity index (χ4v) is 8.93. The van der Waals surface area contributed by atoms with Gasteiger partial charge in [-0.05, 0) is 37.8 Å². The molecule has 7 nitrogen and oxygen atoms in total. The summed E-state index contributed by atoms with van der Waals surface area (Å²) < 4.78 is 55.4. The summed E-state index contributed by atoms with van der Waals surface area (Å²) in [5.41, 5.74) is 0.534. The van der Waals surface area contributed by atoms with Crippen LogP contribution in [0.1, 0.15) is 35.5 Å². The maximum atomic E-state index is 13.4. The van der Waals surface area contributed by atoms with Crippen molar-refractivity contribution in [3.63, 3.8) is 0 Å². The van der Waals surface area contributed by atoms with E-state index in [1.54, 1.807) is 12.1 Å². The fraction of sp³-hybridized carbons (Fsp3) is 0.500. The Labute approximate surface area is 169 Å². The van der Waals surface area contributed by atoms with Crippen LogP contribution in [-0.4, -0.2) is 48.8 Å². The molecule has 1 atom stereocenters. The van der Waals surface area contributed by atoms with E-state index < -0.39 is 25.6 Å². The Morgan fingerprint density at radius 3 is 2.71 bits per heavy atom. The third-order valence-corrected chi connectivity index (χ3v) is 11.1. The molecule has 1 saturated carbocycles. The smallest absolute Gasteiger partial charge is 0.244 e. The van der Waals surface area contributed by atoms with Crippen LogP contribution in [0.2, 0.25) is 0 Å². The lowest BCUT2D eigenvalue weighted by atomic mass is 9.89. The van der Waals surface area contributed by atoms with Gasteiger partial charge in [0.25, 0.3) is 0 Å². The lowest BCUT2D eigenvalue weighted by Crippen LogP contribution is -2.46. The Balaban J connectivity index is 1.61. The van der Waals surface area contributed by atoms with Crippen LogP contribution >= 0.6 is 11.3 Å². The first-order valence-electron chi connectivity index (χ1n) is 9.27. The number of sulfonamides is 2. The second-order valence-corrected chi connectivity index (χ2v) is 12.8. The van der Waals surface area contributed by atoms with Gasteiger partial charge in [-0.1, -0.05) is 18.2 Å². The number of aromatic nitrogens is 1. The summed E-state index contributed by atoms with van der Waals surface area (Å²) >= 11 is 1.48. The number of aryl methyl sites for hydroxylation is 1. The van der Waals surface area contributed by atoms with Gasteiger partial charge in [-0.2, -0.15) is 8.61 Å². The van der Waals surface area contributed by atoms with Crippen molar-refractivity contribution in [1.82, 2.24) is 13.6 Å². The first-order valence-corrected chi connectivity index (χ1v) is 13.1. The van der Waals surface area contributed by atoms with Crippen LogP contribution in [0.15, 0.2) is 34.5 Å². The number of fused-ring (bicyclic) bond motifs is 2. The highest BCUT2D eigenvalue weighted by molar-refractivity contribution is 7.90. The SMILES string of the molecule is Cc1nc(CN2[C@]3(CCN(S(=O)(=O)C4CC4)C3)c3ccccc3S2(=O)=O)cs1. The lowest BCUT2D eigenvalue weighted by Gasteiger charge is -2.33. The second-order valence-electron chi connectivity index (χ2n) is 7.73. The zero-order valence-corrected chi connectivity index (χ0v) is 17.9. The van der Waals surface area contributed by atoms with Crippen LogP contribution in [0.4, 0.5) is 0 Å². The zero-order valence-electron chi connectivity index (χ0n) is 15.4. The molecule has 150 valence electrons. The van der Waals surface area contributed by atoms with Crippen LogP contribution in [0.3, 0.4) is 0 Å². The molecule has 1 aliphatic carbocycles. The second kappa shape index (κ2) is 6.09. The molecule has 1 spiro atoms. The molecule has 0 radical (unpaired) electrons. The molecule has 2 aliphatic heterocycles. The Bertz CT molecular complexity index is 1150. The summed E-state index contributed by atoms with van der Waals surface area (Å²) in [5.74, 6) is 0. The minimum absolute atomic E-state index is 0.151. The largest absolute Gasteiger partial charge is 0.245 e. The first-order chi connectivity index (χ1) is 13.2. The van der Waals surface area contributed by atoms with Crippen LogP contribution in [0, 0.1) is 6.92 Å². The predicted molar refractivity (Wildman–Crippen MR) is 106 cm³/mol. The van der Waals surface area contributed by atoms with Crippen molar-refractivity contribution in [2.75, 3.05) is 13.1 Å².